The summed E-state index contributed by atoms with van der Waals surface area (Å²) in [5, 5.41) is 13.4. The molecule has 10 rings (SSSR count). The summed E-state index contributed by atoms with van der Waals surface area (Å²) in [6.45, 7) is 17.5. The minimum atomic E-state index is -4.42. The molecule has 0 saturated heterocycles. The molecule has 2 heterocycles. The molecule has 4 nitrogen and oxygen atoms in total. The number of nitrogens with zero attached hydrogens (tertiary/aromatic N) is 2. The normalized spacial score (nSPS) is 14.0. The first-order valence-electron chi connectivity index (χ1n) is 22.4. The van der Waals surface area contributed by atoms with Crippen LogP contribution >= 0.6 is 0 Å². The molecule has 343 valence electrons. The van der Waals surface area contributed by atoms with Crippen LogP contribution in [0.25, 0.3) is 66.3 Å². The Labute approximate surface area is 405 Å². The molecular formula is C59H53F3IrN2O2-2. The topological polar surface area (TPSA) is 63.1 Å². The number of carbonyl (C=O) groups excluding carboxylic acids is 1. The third kappa shape index (κ3) is 9.14. The molecular weight excluding hydrogens is 1020 g/mol. The standard InChI is InChI=1S/C38H27F3N.C12H10N.C9H16O2.Ir/c1-36(2)28-16-17-29(38(39,40)41)34-31(28)32-30(37(34,3)4)20-27-24-18-19-42-35(26(24)15-14-25(27)33(32)36)23-12-10-22(11-13-23)21-8-6-5-7-9-21;1-10-5-7-11(8-6-10)12-4-2-3-9-13-12;1-6(2)8(10)5-9(11)7(3)4;/h5-12,14-20H,1-4H3;2-7,9H,1H3;5-7,10H,1-4H3;/q2*-1;;/b;;8-5-;. The van der Waals surface area contributed by atoms with Crippen molar-refractivity contribution in [1.29, 1.82) is 0 Å². The quantitative estimate of drug-likeness (QED) is 0.0780. The van der Waals surface area contributed by atoms with Crippen LogP contribution in [0.1, 0.15) is 88.8 Å². The number of aliphatic hydroxyl groups excluding tert-OH is 1. The van der Waals surface area contributed by atoms with Crippen LogP contribution in [0, 0.1) is 30.9 Å². The number of ketones is 1. The van der Waals surface area contributed by atoms with Crippen LogP contribution in [0.3, 0.4) is 0 Å². The smallest absolute Gasteiger partial charge is 0.416 e. The minimum Gasteiger partial charge on any atom is -0.512 e. The third-order valence-electron chi connectivity index (χ3n) is 13.0. The summed E-state index contributed by atoms with van der Waals surface area (Å²) in [5.41, 5.74) is 10.7. The number of aliphatic hydroxyl groups is 1. The summed E-state index contributed by atoms with van der Waals surface area (Å²) >= 11 is 0. The first-order valence-corrected chi connectivity index (χ1v) is 22.4. The van der Waals surface area contributed by atoms with Gasteiger partial charge in [-0.2, -0.15) is 13.2 Å². The van der Waals surface area contributed by atoms with Crippen LogP contribution < -0.4 is 0 Å². The van der Waals surface area contributed by atoms with Crippen LogP contribution in [-0.4, -0.2) is 20.9 Å². The van der Waals surface area contributed by atoms with E-state index < -0.39 is 22.6 Å². The first-order chi connectivity index (χ1) is 31.3. The van der Waals surface area contributed by atoms with Crippen LogP contribution in [0.4, 0.5) is 13.2 Å². The second-order valence-corrected chi connectivity index (χ2v) is 18.9. The second-order valence-electron chi connectivity index (χ2n) is 18.9. The zero-order chi connectivity index (χ0) is 47.3. The van der Waals surface area contributed by atoms with E-state index in [-0.39, 0.29) is 43.5 Å². The molecule has 8 aromatic rings. The molecule has 8 heteroatoms. The van der Waals surface area contributed by atoms with Crippen molar-refractivity contribution in [3.8, 4) is 44.8 Å². The van der Waals surface area contributed by atoms with E-state index in [1.807, 2.05) is 108 Å². The van der Waals surface area contributed by atoms with E-state index in [0.717, 1.165) is 83.0 Å². The van der Waals surface area contributed by atoms with Crippen molar-refractivity contribution in [3.63, 3.8) is 0 Å². The van der Waals surface area contributed by atoms with Gasteiger partial charge in [-0.25, -0.2) is 0 Å². The molecule has 0 aliphatic heterocycles. The van der Waals surface area contributed by atoms with Gasteiger partial charge in [-0.15, -0.1) is 65.2 Å². The van der Waals surface area contributed by atoms with Crippen molar-refractivity contribution in [1.82, 2.24) is 9.97 Å². The predicted molar refractivity (Wildman–Crippen MR) is 262 cm³/mol. The molecule has 67 heavy (non-hydrogen) atoms. The maximum atomic E-state index is 14.4. The van der Waals surface area contributed by atoms with Crippen LogP contribution in [0.15, 0.2) is 146 Å². The number of carbonyl (C=O) groups is 1. The number of aromatic nitrogens is 2. The number of hydrogen-bond acceptors (Lipinski definition) is 4. The van der Waals surface area contributed by atoms with Gasteiger partial charge in [-0.05, 0) is 90.6 Å². The van der Waals surface area contributed by atoms with Gasteiger partial charge in [-0.1, -0.05) is 134 Å². The maximum Gasteiger partial charge on any atom is 0.416 e. The van der Waals surface area contributed by atoms with Gasteiger partial charge in [0, 0.05) is 61.2 Å². The minimum absolute atomic E-state index is 0. The molecule has 6 aromatic carbocycles. The summed E-state index contributed by atoms with van der Waals surface area (Å²) < 4.78 is 43.1. The Kier molecular flexibility index (Phi) is 13.7. The molecule has 0 spiro atoms. The van der Waals surface area contributed by atoms with Gasteiger partial charge in [0.15, 0.2) is 5.78 Å². The Morgan fingerprint density at radius 3 is 1.91 bits per heavy atom. The van der Waals surface area contributed by atoms with E-state index in [2.05, 4.69) is 86.4 Å². The number of rotatable bonds is 6. The fourth-order valence-corrected chi connectivity index (χ4v) is 9.34. The summed E-state index contributed by atoms with van der Waals surface area (Å²) in [5.74, 6) is 0.161. The molecule has 2 aromatic heterocycles. The Bertz CT molecular complexity index is 3140. The largest absolute Gasteiger partial charge is 0.512 e. The van der Waals surface area contributed by atoms with Crippen molar-refractivity contribution in [2.75, 3.05) is 0 Å². The first kappa shape index (κ1) is 48.7. The number of allylic oxidation sites excluding steroid dienone is 2. The molecule has 1 N–H and O–H groups in total. The Balaban J connectivity index is 0.000000219. The summed E-state index contributed by atoms with van der Waals surface area (Å²) in [6, 6.07) is 46.4. The van der Waals surface area contributed by atoms with Crippen molar-refractivity contribution in [3.05, 3.63) is 191 Å². The van der Waals surface area contributed by atoms with Gasteiger partial charge in [0.25, 0.3) is 0 Å². The molecule has 0 bridgehead atoms. The molecule has 0 amide bonds. The number of halogens is 3. The molecule has 2 aliphatic rings. The van der Waals surface area contributed by atoms with E-state index in [0.29, 0.717) is 5.56 Å². The van der Waals surface area contributed by atoms with Crippen LogP contribution in [-0.2, 0) is 41.9 Å². The Morgan fingerprint density at radius 2 is 1.30 bits per heavy atom. The van der Waals surface area contributed by atoms with E-state index in [1.54, 1.807) is 12.3 Å². The van der Waals surface area contributed by atoms with Gasteiger partial charge in [-0.3, -0.25) is 4.79 Å². The summed E-state index contributed by atoms with van der Waals surface area (Å²) in [4.78, 5) is 20.0. The van der Waals surface area contributed by atoms with Gasteiger partial charge in [0.1, 0.15) is 0 Å². The monoisotopic (exact) mass is 1070 g/mol. The third-order valence-corrected chi connectivity index (χ3v) is 13.0. The summed E-state index contributed by atoms with van der Waals surface area (Å²) in [7, 11) is 0. The zero-order valence-electron chi connectivity index (χ0n) is 39.2. The number of benzene rings is 6. The molecule has 0 saturated carbocycles. The average Bonchev–Trinajstić information content (AvgIpc) is 3.69. The van der Waals surface area contributed by atoms with Crippen molar-refractivity contribution < 1.29 is 43.2 Å². The van der Waals surface area contributed by atoms with Crippen molar-refractivity contribution in [2.45, 2.75) is 79.3 Å². The van der Waals surface area contributed by atoms with E-state index in [1.165, 1.54) is 17.7 Å². The summed E-state index contributed by atoms with van der Waals surface area (Å²) in [6.07, 6.45) is 0.515. The van der Waals surface area contributed by atoms with Gasteiger partial charge >= 0.3 is 6.18 Å². The number of pyridine rings is 2. The maximum absolute atomic E-state index is 14.4. The SMILES string of the molecule is CC(C)C(=O)/C=C(\O)C(C)C.CC1(C)c2cc3c(ccc4c(-c5[c-]cc(-c6ccccc6)cc5)nccc43)c3c2-c2c(ccc(C(F)(F)F)c21)C3(C)C.Cc1c[c-]c(-c2ccccn2)cc1.[Ir]. The predicted octanol–water partition coefficient (Wildman–Crippen LogP) is 15.7. The molecule has 1 radical (unpaired) electrons. The average molecular weight is 1070 g/mol. The van der Waals surface area contributed by atoms with E-state index in [9.17, 15) is 23.1 Å². The van der Waals surface area contributed by atoms with E-state index in [4.69, 9.17) is 4.98 Å². The van der Waals surface area contributed by atoms with Crippen LogP contribution in [0.2, 0.25) is 0 Å². The number of hydrogen-bond donors (Lipinski definition) is 1. The Morgan fingerprint density at radius 1 is 0.642 bits per heavy atom. The number of aryl methyl sites for hydroxylation is 1. The molecule has 0 unspecified atom stereocenters. The Hall–Kier alpha value is -6.21. The molecule has 0 atom stereocenters. The zero-order valence-corrected chi connectivity index (χ0v) is 41.5. The van der Waals surface area contributed by atoms with Crippen molar-refractivity contribution >= 4 is 27.3 Å². The fourth-order valence-electron chi connectivity index (χ4n) is 9.34. The number of fused-ring (bicyclic) bond motifs is 4. The van der Waals surface area contributed by atoms with Crippen LogP contribution in [0.5, 0.6) is 0 Å². The number of alkyl halides is 3. The van der Waals surface area contributed by atoms with Crippen molar-refractivity contribution in [2.24, 2.45) is 11.8 Å². The van der Waals surface area contributed by atoms with Gasteiger partial charge < -0.3 is 15.1 Å². The van der Waals surface area contributed by atoms with Gasteiger partial charge in [0.05, 0.1) is 11.3 Å². The molecule has 2 aliphatic carbocycles. The van der Waals surface area contributed by atoms with Gasteiger partial charge in [0.2, 0.25) is 0 Å². The van der Waals surface area contributed by atoms with E-state index >= 15 is 0 Å². The molecule has 0 fully saturated rings. The fraction of sp³-hybridized carbons (Fsp3) is 0.237. The second kappa shape index (κ2) is 18.8.